The van der Waals surface area contributed by atoms with Gasteiger partial charge in [0.05, 0.1) is 24.4 Å². The van der Waals surface area contributed by atoms with Crippen LogP contribution in [-0.2, 0) is 23.2 Å². The molecule has 2 rings (SSSR count). The summed E-state index contributed by atoms with van der Waals surface area (Å²) in [6.45, 7) is 0.107. The molecule has 0 saturated carbocycles. The van der Waals surface area contributed by atoms with Gasteiger partial charge >= 0.3 is 12.1 Å². The molecule has 1 amide bonds. The van der Waals surface area contributed by atoms with Crippen molar-refractivity contribution in [1.29, 1.82) is 0 Å². The molecule has 0 spiro atoms. The molecule has 8 heteroatoms. The van der Waals surface area contributed by atoms with Gasteiger partial charge < -0.3 is 15.2 Å². The predicted octanol–water partition coefficient (Wildman–Crippen LogP) is 1.26. The summed E-state index contributed by atoms with van der Waals surface area (Å²) in [4.78, 5) is 22.8. The number of hydrogen-bond donors (Lipinski definition) is 2. The SMILES string of the molecule is Cn1nncc1C(CC(=O)O)NC(=O)OCc1ccccc1. The third kappa shape index (κ3) is 4.30. The lowest BCUT2D eigenvalue weighted by molar-refractivity contribution is -0.137. The molecule has 0 fully saturated rings. The van der Waals surface area contributed by atoms with Crippen molar-refractivity contribution in [2.24, 2.45) is 7.05 Å². The highest BCUT2D eigenvalue weighted by Crippen LogP contribution is 2.15. The van der Waals surface area contributed by atoms with Crippen LogP contribution in [0, 0.1) is 0 Å². The number of nitrogens with zero attached hydrogens (tertiary/aromatic N) is 3. The number of carbonyl (C=O) groups is 2. The maximum absolute atomic E-state index is 11.8. The fourth-order valence-corrected chi connectivity index (χ4v) is 1.92. The van der Waals surface area contributed by atoms with Crippen molar-refractivity contribution >= 4 is 12.1 Å². The maximum atomic E-state index is 11.8. The molecule has 2 aromatic rings. The highest BCUT2D eigenvalue weighted by Gasteiger charge is 2.22. The number of carboxylic acid groups (broad SMARTS) is 1. The molecule has 1 heterocycles. The van der Waals surface area contributed by atoms with E-state index >= 15 is 0 Å². The zero-order chi connectivity index (χ0) is 15.9. The Bertz CT molecular complexity index is 641. The summed E-state index contributed by atoms with van der Waals surface area (Å²) in [6.07, 6.45) is 0.420. The average molecular weight is 304 g/mol. The Labute approximate surface area is 126 Å². The Kier molecular flexibility index (Phi) is 5.07. The van der Waals surface area contributed by atoms with E-state index in [1.807, 2.05) is 30.3 Å². The number of hydrogen-bond acceptors (Lipinski definition) is 5. The number of benzene rings is 1. The summed E-state index contributed by atoms with van der Waals surface area (Å²) in [5.41, 5.74) is 1.33. The van der Waals surface area contributed by atoms with E-state index < -0.39 is 18.1 Å². The van der Waals surface area contributed by atoms with Crippen LogP contribution in [0.3, 0.4) is 0 Å². The van der Waals surface area contributed by atoms with Crippen molar-refractivity contribution in [2.45, 2.75) is 19.1 Å². The second-order valence-electron chi connectivity index (χ2n) is 4.64. The van der Waals surface area contributed by atoms with Crippen molar-refractivity contribution in [2.75, 3.05) is 0 Å². The van der Waals surface area contributed by atoms with Gasteiger partial charge in [0.1, 0.15) is 6.61 Å². The number of nitrogens with one attached hydrogen (secondary N) is 1. The lowest BCUT2D eigenvalue weighted by Gasteiger charge is -2.16. The third-order valence-electron chi connectivity index (χ3n) is 2.99. The largest absolute Gasteiger partial charge is 0.481 e. The molecule has 0 radical (unpaired) electrons. The minimum Gasteiger partial charge on any atom is -0.481 e. The molecule has 0 aliphatic heterocycles. The van der Waals surface area contributed by atoms with Crippen LogP contribution in [0.1, 0.15) is 23.7 Å². The van der Waals surface area contributed by atoms with Crippen molar-refractivity contribution in [3.8, 4) is 0 Å². The first-order valence-corrected chi connectivity index (χ1v) is 6.60. The number of carbonyl (C=O) groups excluding carboxylic acids is 1. The first-order valence-electron chi connectivity index (χ1n) is 6.60. The molecule has 0 aliphatic carbocycles. The number of rotatable bonds is 6. The number of aryl methyl sites for hydroxylation is 1. The van der Waals surface area contributed by atoms with Gasteiger partial charge in [-0.25, -0.2) is 4.79 Å². The van der Waals surface area contributed by atoms with Crippen LogP contribution in [0.5, 0.6) is 0 Å². The Balaban J connectivity index is 1.96. The van der Waals surface area contributed by atoms with Gasteiger partial charge in [0.2, 0.25) is 0 Å². The molecule has 1 unspecified atom stereocenters. The van der Waals surface area contributed by atoms with E-state index in [0.717, 1.165) is 5.56 Å². The van der Waals surface area contributed by atoms with E-state index in [-0.39, 0.29) is 13.0 Å². The molecular formula is C14H16N4O4. The van der Waals surface area contributed by atoms with Gasteiger partial charge in [-0.15, -0.1) is 5.10 Å². The first kappa shape index (κ1) is 15.5. The Morgan fingerprint density at radius 3 is 2.68 bits per heavy atom. The van der Waals surface area contributed by atoms with Crippen molar-refractivity contribution in [3.05, 3.63) is 47.8 Å². The lowest BCUT2D eigenvalue weighted by Crippen LogP contribution is -2.31. The summed E-state index contributed by atoms with van der Waals surface area (Å²) in [5, 5.41) is 18.9. The van der Waals surface area contributed by atoms with E-state index in [4.69, 9.17) is 9.84 Å². The third-order valence-corrected chi connectivity index (χ3v) is 2.99. The van der Waals surface area contributed by atoms with E-state index in [9.17, 15) is 9.59 Å². The normalized spacial score (nSPS) is 11.7. The molecule has 1 atom stereocenters. The molecule has 22 heavy (non-hydrogen) atoms. The molecule has 116 valence electrons. The van der Waals surface area contributed by atoms with Gasteiger partial charge in [0.15, 0.2) is 0 Å². The zero-order valence-corrected chi connectivity index (χ0v) is 12.0. The topological polar surface area (TPSA) is 106 Å². The van der Waals surface area contributed by atoms with Crippen LogP contribution in [0.15, 0.2) is 36.5 Å². The number of amides is 1. The standard InChI is InChI=1S/C14H16N4O4/c1-18-12(8-15-17-18)11(7-13(19)20)16-14(21)22-9-10-5-3-2-4-6-10/h2-6,8,11H,7,9H2,1H3,(H,16,21)(H,19,20). The molecule has 0 bridgehead atoms. The van der Waals surface area contributed by atoms with Crippen LogP contribution in [0.25, 0.3) is 0 Å². The second-order valence-corrected chi connectivity index (χ2v) is 4.64. The Morgan fingerprint density at radius 1 is 1.36 bits per heavy atom. The highest BCUT2D eigenvalue weighted by molar-refractivity contribution is 5.71. The smallest absolute Gasteiger partial charge is 0.408 e. The number of aliphatic carboxylic acids is 1. The van der Waals surface area contributed by atoms with Gasteiger partial charge in [-0.05, 0) is 5.56 Å². The molecule has 8 nitrogen and oxygen atoms in total. The first-order chi connectivity index (χ1) is 10.6. The Hall–Kier alpha value is -2.90. The van der Waals surface area contributed by atoms with Crippen LogP contribution >= 0.6 is 0 Å². The number of alkyl carbamates (subject to hydrolysis) is 1. The highest BCUT2D eigenvalue weighted by atomic mass is 16.5. The number of ether oxygens (including phenoxy) is 1. The summed E-state index contributed by atoms with van der Waals surface area (Å²) in [5.74, 6) is -1.05. The molecule has 1 aromatic heterocycles. The fraction of sp³-hybridized carbons (Fsp3) is 0.286. The van der Waals surface area contributed by atoms with Crippen LogP contribution in [0.2, 0.25) is 0 Å². The maximum Gasteiger partial charge on any atom is 0.408 e. The molecular weight excluding hydrogens is 288 g/mol. The quantitative estimate of drug-likeness (QED) is 0.832. The van der Waals surface area contributed by atoms with Gasteiger partial charge in [-0.1, -0.05) is 35.5 Å². The summed E-state index contributed by atoms with van der Waals surface area (Å²) in [6, 6.07) is 8.43. The minimum absolute atomic E-state index is 0.107. The number of aromatic nitrogens is 3. The monoisotopic (exact) mass is 304 g/mol. The van der Waals surface area contributed by atoms with Crippen molar-refractivity contribution in [1.82, 2.24) is 20.3 Å². The van der Waals surface area contributed by atoms with Crippen molar-refractivity contribution < 1.29 is 19.4 Å². The van der Waals surface area contributed by atoms with Crippen LogP contribution in [-0.4, -0.2) is 32.2 Å². The average Bonchev–Trinajstić information content (AvgIpc) is 2.91. The van der Waals surface area contributed by atoms with Gasteiger partial charge in [-0.2, -0.15) is 0 Å². The van der Waals surface area contributed by atoms with E-state index in [1.165, 1.54) is 10.9 Å². The minimum atomic E-state index is -1.05. The van der Waals surface area contributed by atoms with Gasteiger partial charge in [0, 0.05) is 7.05 Å². The van der Waals surface area contributed by atoms with Crippen LogP contribution in [0.4, 0.5) is 4.79 Å². The predicted molar refractivity (Wildman–Crippen MR) is 75.8 cm³/mol. The summed E-state index contributed by atoms with van der Waals surface area (Å²) < 4.78 is 6.49. The molecule has 1 aromatic carbocycles. The summed E-state index contributed by atoms with van der Waals surface area (Å²) >= 11 is 0. The zero-order valence-electron chi connectivity index (χ0n) is 12.0. The summed E-state index contributed by atoms with van der Waals surface area (Å²) in [7, 11) is 1.62. The van der Waals surface area contributed by atoms with Gasteiger partial charge in [-0.3, -0.25) is 9.48 Å². The lowest BCUT2D eigenvalue weighted by atomic mass is 10.1. The van der Waals surface area contributed by atoms with E-state index in [2.05, 4.69) is 15.6 Å². The number of carboxylic acids is 1. The van der Waals surface area contributed by atoms with Crippen LogP contribution < -0.4 is 5.32 Å². The van der Waals surface area contributed by atoms with Crippen molar-refractivity contribution in [3.63, 3.8) is 0 Å². The second kappa shape index (κ2) is 7.21. The Morgan fingerprint density at radius 2 is 2.09 bits per heavy atom. The van der Waals surface area contributed by atoms with Gasteiger partial charge in [0.25, 0.3) is 0 Å². The molecule has 2 N–H and O–H groups in total. The molecule has 0 saturated heterocycles. The molecule has 0 aliphatic rings. The van der Waals surface area contributed by atoms with E-state index in [1.54, 1.807) is 7.05 Å². The van der Waals surface area contributed by atoms with E-state index in [0.29, 0.717) is 5.69 Å². The fourth-order valence-electron chi connectivity index (χ4n) is 1.92.